The normalized spacial score (nSPS) is 18.5. The molecule has 1 unspecified atom stereocenters. The maximum atomic E-state index is 13.0. The van der Waals surface area contributed by atoms with Crippen molar-refractivity contribution >= 4 is 28.8 Å². The Hall–Kier alpha value is -2.64. The van der Waals surface area contributed by atoms with E-state index >= 15 is 0 Å². The van der Waals surface area contributed by atoms with Gasteiger partial charge in [0, 0.05) is 17.0 Å². The Bertz CT molecular complexity index is 979. The first-order chi connectivity index (χ1) is 14.3. The number of carbonyl (C=O) groups excluding carboxylic acids is 2. The fraction of sp³-hybridized carbons (Fsp3) is 0.391. The first kappa shape index (κ1) is 22.1. The number of hydrogen-bond acceptors (Lipinski definition) is 6. The summed E-state index contributed by atoms with van der Waals surface area (Å²) in [5.41, 5.74) is 2.32. The van der Waals surface area contributed by atoms with E-state index in [1.54, 1.807) is 18.1 Å². The number of carbonyl (C=O) groups is 2. The van der Waals surface area contributed by atoms with Crippen molar-refractivity contribution in [2.45, 2.75) is 26.3 Å². The standard InChI is InChI=1S/C23H28N2O4S/c1-14-13-17(29-5)15(2)12-16(14)21(26)19-20(18-8-6-11-30-18)25(23(28)22(19)27)10-7-9-24(3)4/h6,8,11-13,20,26H,7,9-10H2,1-5H3/b21-19-. The van der Waals surface area contributed by atoms with Crippen LogP contribution in [0.2, 0.25) is 0 Å². The van der Waals surface area contributed by atoms with E-state index in [0.29, 0.717) is 17.9 Å². The van der Waals surface area contributed by atoms with Gasteiger partial charge in [-0.05, 0) is 75.6 Å². The van der Waals surface area contributed by atoms with Crippen LogP contribution in [0.4, 0.5) is 0 Å². The molecule has 2 heterocycles. The average molecular weight is 429 g/mol. The fourth-order valence-corrected chi connectivity index (χ4v) is 4.67. The van der Waals surface area contributed by atoms with Crippen molar-refractivity contribution in [2.75, 3.05) is 34.3 Å². The van der Waals surface area contributed by atoms with Crippen LogP contribution in [-0.2, 0) is 9.59 Å². The average Bonchev–Trinajstić information content (AvgIpc) is 3.31. The van der Waals surface area contributed by atoms with E-state index in [1.807, 2.05) is 56.4 Å². The molecule has 6 nitrogen and oxygen atoms in total. The van der Waals surface area contributed by atoms with Crippen molar-refractivity contribution < 1.29 is 19.4 Å². The number of hydrogen-bond donors (Lipinski definition) is 1. The van der Waals surface area contributed by atoms with E-state index in [1.165, 1.54) is 11.3 Å². The molecule has 1 aliphatic rings. The lowest BCUT2D eigenvalue weighted by atomic mass is 9.96. The number of nitrogens with zero attached hydrogens (tertiary/aromatic N) is 2. The van der Waals surface area contributed by atoms with Crippen LogP contribution in [0, 0.1) is 13.8 Å². The lowest BCUT2D eigenvalue weighted by molar-refractivity contribution is -0.139. The third kappa shape index (κ3) is 4.13. The summed E-state index contributed by atoms with van der Waals surface area (Å²) < 4.78 is 5.36. The summed E-state index contributed by atoms with van der Waals surface area (Å²) in [4.78, 5) is 30.4. The SMILES string of the molecule is COc1cc(C)c(/C(O)=C2/C(=O)C(=O)N(CCCN(C)C)C2c2cccs2)cc1C. The molecule has 1 amide bonds. The number of rotatable bonds is 7. The number of Topliss-reactive ketones (excluding diaryl/α,β-unsaturated/α-hetero) is 1. The number of aliphatic hydroxyl groups excluding tert-OH is 1. The van der Waals surface area contributed by atoms with Gasteiger partial charge in [0.15, 0.2) is 0 Å². The highest BCUT2D eigenvalue weighted by Crippen LogP contribution is 2.42. The third-order valence-electron chi connectivity index (χ3n) is 5.35. The van der Waals surface area contributed by atoms with Crippen molar-refractivity contribution in [3.8, 4) is 5.75 Å². The van der Waals surface area contributed by atoms with E-state index in [2.05, 4.69) is 0 Å². The second kappa shape index (κ2) is 9.02. The highest BCUT2D eigenvalue weighted by molar-refractivity contribution is 7.10. The predicted octanol–water partition coefficient (Wildman–Crippen LogP) is 3.75. The molecule has 1 fully saturated rings. The molecule has 0 saturated carbocycles. The maximum Gasteiger partial charge on any atom is 0.295 e. The van der Waals surface area contributed by atoms with Gasteiger partial charge in [-0.25, -0.2) is 0 Å². The molecule has 30 heavy (non-hydrogen) atoms. The fourth-order valence-electron chi connectivity index (χ4n) is 3.82. The van der Waals surface area contributed by atoms with Crippen LogP contribution in [0.25, 0.3) is 5.76 Å². The summed E-state index contributed by atoms with van der Waals surface area (Å²) in [5, 5.41) is 13.1. The third-order valence-corrected chi connectivity index (χ3v) is 6.28. The van der Waals surface area contributed by atoms with Gasteiger partial charge in [-0.2, -0.15) is 0 Å². The Kier molecular flexibility index (Phi) is 6.63. The van der Waals surface area contributed by atoms with Gasteiger partial charge in [0.1, 0.15) is 11.5 Å². The predicted molar refractivity (Wildman–Crippen MR) is 119 cm³/mol. The van der Waals surface area contributed by atoms with Gasteiger partial charge >= 0.3 is 0 Å². The van der Waals surface area contributed by atoms with Gasteiger partial charge in [0.2, 0.25) is 0 Å². The monoisotopic (exact) mass is 428 g/mol. The van der Waals surface area contributed by atoms with Crippen LogP contribution in [0.5, 0.6) is 5.75 Å². The molecular formula is C23H28N2O4S. The number of ether oxygens (including phenoxy) is 1. The van der Waals surface area contributed by atoms with Crippen LogP contribution >= 0.6 is 11.3 Å². The molecule has 1 aliphatic heterocycles. The minimum atomic E-state index is -0.636. The summed E-state index contributed by atoms with van der Waals surface area (Å²) in [6, 6.07) is 6.85. The number of benzene rings is 1. The molecule has 0 spiro atoms. The molecule has 0 bridgehead atoms. The van der Waals surface area contributed by atoms with E-state index in [-0.39, 0.29) is 11.3 Å². The van der Waals surface area contributed by atoms with Gasteiger partial charge in [0.05, 0.1) is 18.7 Å². The molecule has 0 aliphatic carbocycles. The number of ketones is 1. The zero-order valence-corrected chi connectivity index (χ0v) is 18.9. The van der Waals surface area contributed by atoms with Crippen LogP contribution in [0.1, 0.15) is 34.0 Å². The van der Waals surface area contributed by atoms with Crippen molar-refractivity contribution in [3.63, 3.8) is 0 Å². The molecular weight excluding hydrogens is 400 g/mol. The summed E-state index contributed by atoms with van der Waals surface area (Å²) >= 11 is 1.48. The van der Waals surface area contributed by atoms with Crippen molar-refractivity contribution in [1.29, 1.82) is 0 Å². The first-order valence-corrected chi connectivity index (χ1v) is 10.8. The van der Waals surface area contributed by atoms with Gasteiger partial charge in [-0.15, -0.1) is 11.3 Å². The molecule has 1 N–H and O–H groups in total. The second-order valence-electron chi connectivity index (χ2n) is 7.80. The topological polar surface area (TPSA) is 70.1 Å². The van der Waals surface area contributed by atoms with Crippen molar-refractivity contribution in [3.05, 3.63) is 56.8 Å². The largest absolute Gasteiger partial charge is 0.507 e. The van der Waals surface area contributed by atoms with Crippen LogP contribution in [-0.4, -0.2) is 60.9 Å². The maximum absolute atomic E-state index is 13.0. The molecule has 1 aromatic heterocycles. The summed E-state index contributed by atoms with van der Waals surface area (Å²) in [7, 11) is 5.54. The van der Waals surface area contributed by atoms with E-state index in [9.17, 15) is 14.7 Å². The van der Waals surface area contributed by atoms with Crippen molar-refractivity contribution in [1.82, 2.24) is 9.80 Å². The Balaban J connectivity index is 2.10. The second-order valence-corrected chi connectivity index (χ2v) is 8.78. The number of aryl methyl sites for hydroxylation is 2. The van der Waals surface area contributed by atoms with Gasteiger partial charge < -0.3 is 19.6 Å². The highest BCUT2D eigenvalue weighted by atomic mass is 32.1. The quantitative estimate of drug-likeness (QED) is 0.413. The lowest BCUT2D eigenvalue weighted by Crippen LogP contribution is -2.32. The van der Waals surface area contributed by atoms with E-state index in [0.717, 1.165) is 29.0 Å². The molecule has 1 atom stereocenters. The number of likely N-dealkylation sites (tertiary alicyclic amines) is 1. The van der Waals surface area contributed by atoms with Gasteiger partial charge in [0.25, 0.3) is 11.7 Å². The Morgan fingerprint density at radius 1 is 1.23 bits per heavy atom. The minimum Gasteiger partial charge on any atom is -0.507 e. The van der Waals surface area contributed by atoms with Crippen LogP contribution < -0.4 is 4.74 Å². The van der Waals surface area contributed by atoms with Crippen LogP contribution in [0.15, 0.2) is 35.2 Å². The molecule has 2 aromatic rings. The Morgan fingerprint density at radius 3 is 2.57 bits per heavy atom. The van der Waals surface area contributed by atoms with Gasteiger partial charge in [-0.1, -0.05) is 6.07 Å². The van der Waals surface area contributed by atoms with Crippen molar-refractivity contribution in [2.24, 2.45) is 0 Å². The Labute approximate surface area is 181 Å². The van der Waals surface area contributed by atoms with E-state index < -0.39 is 17.7 Å². The highest BCUT2D eigenvalue weighted by Gasteiger charge is 2.46. The zero-order chi connectivity index (χ0) is 22.0. The zero-order valence-electron chi connectivity index (χ0n) is 18.1. The van der Waals surface area contributed by atoms with Crippen LogP contribution in [0.3, 0.4) is 0 Å². The molecule has 0 radical (unpaired) electrons. The lowest BCUT2D eigenvalue weighted by Gasteiger charge is -2.25. The summed E-state index contributed by atoms with van der Waals surface area (Å²) in [6.45, 7) is 4.98. The minimum absolute atomic E-state index is 0.134. The molecule has 1 aromatic carbocycles. The van der Waals surface area contributed by atoms with Gasteiger partial charge in [-0.3, -0.25) is 9.59 Å². The number of thiophene rings is 1. The number of amides is 1. The number of methoxy groups -OCH3 is 1. The summed E-state index contributed by atoms with van der Waals surface area (Å²) in [6.07, 6.45) is 0.739. The summed E-state index contributed by atoms with van der Waals surface area (Å²) in [5.74, 6) is -0.617. The molecule has 3 rings (SSSR count). The molecule has 7 heteroatoms. The molecule has 160 valence electrons. The Morgan fingerprint density at radius 2 is 1.97 bits per heavy atom. The van der Waals surface area contributed by atoms with E-state index in [4.69, 9.17) is 4.74 Å². The first-order valence-electron chi connectivity index (χ1n) is 9.88. The smallest absolute Gasteiger partial charge is 0.295 e. The number of aliphatic hydroxyl groups is 1. The molecule has 1 saturated heterocycles.